The lowest BCUT2D eigenvalue weighted by Crippen LogP contribution is -2.42. The normalized spacial score (nSPS) is 12.2. The number of amides is 1. The summed E-state index contributed by atoms with van der Waals surface area (Å²) < 4.78 is 33.8. The number of sulfonamides is 1. The van der Waals surface area contributed by atoms with Gasteiger partial charge in [-0.05, 0) is 63.1 Å². The fraction of sp³-hybridized carbons (Fsp3) is 0.269. The average molecular weight is 467 g/mol. The minimum Gasteiger partial charge on any atom is -0.496 e. The zero-order valence-corrected chi connectivity index (χ0v) is 20.4. The summed E-state index contributed by atoms with van der Waals surface area (Å²) in [6, 6.07) is 19.2. The molecule has 0 fully saturated rings. The molecular weight excluding hydrogens is 436 g/mol. The van der Waals surface area contributed by atoms with Gasteiger partial charge in [0, 0.05) is 5.56 Å². The first kappa shape index (κ1) is 24.3. The number of nitrogens with one attached hydrogen (secondary N) is 1. The van der Waals surface area contributed by atoms with Crippen molar-refractivity contribution in [2.45, 2.75) is 38.6 Å². The fourth-order valence-electron chi connectivity index (χ4n) is 3.64. The third kappa shape index (κ3) is 5.54. The molecule has 0 aliphatic carbocycles. The number of aryl methyl sites for hydroxylation is 3. The molecule has 0 aliphatic heterocycles. The highest BCUT2D eigenvalue weighted by atomic mass is 32.2. The van der Waals surface area contributed by atoms with Crippen molar-refractivity contribution >= 4 is 21.6 Å². The van der Waals surface area contributed by atoms with Crippen LogP contribution in [0.2, 0.25) is 0 Å². The topological polar surface area (TPSA) is 75.7 Å². The second-order valence-corrected chi connectivity index (χ2v) is 10.0. The van der Waals surface area contributed by atoms with Crippen LogP contribution in [-0.4, -0.2) is 28.0 Å². The maximum Gasteiger partial charge on any atom is 0.264 e. The molecule has 6 nitrogen and oxygen atoms in total. The van der Waals surface area contributed by atoms with E-state index in [4.69, 9.17) is 4.74 Å². The second-order valence-electron chi connectivity index (χ2n) is 8.15. The van der Waals surface area contributed by atoms with Gasteiger partial charge in [0.25, 0.3) is 10.0 Å². The molecule has 3 aromatic carbocycles. The number of nitrogens with zero attached hydrogens (tertiary/aromatic N) is 1. The molecule has 7 heteroatoms. The molecular formula is C26H30N2O4S. The van der Waals surface area contributed by atoms with Crippen LogP contribution in [-0.2, 0) is 14.8 Å². The van der Waals surface area contributed by atoms with Gasteiger partial charge in [-0.1, -0.05) is 48.0 Å². The predicted molar refractivity (Wildman–Crippen MR) is 131 cm³/mol. The third-order valence-electron chi connectivity index (χ3n) is 5.51. The van der Waals surface area contributed by atoms with Crippen LogP contribution in [0.1, 0.15) is 35.2 Å². The minimum atomic E-state index is -3.97. The lowest BCUT2D eigenvalue weighted by atomic mass is 10.1. The highest BCUT2D eigenvalue weighted by molar-refractivity contribution is 7.92. The highest BCUT2D eigenvalue weighted by Gasteiger charge is 2.29. The molecule has 0 spiro atoms. The summed E-state index contributed by atoms with van der Waals surface area (Å²) in [5, 5.41) is 2.91. The Morgan fingerprint density at radius 1 is 0.970 bits per heavy atom. The Hall–Kier alpha value is -3.32. The van der Waals surface area contributed by atoms with Crippen molar-refractivity contribution in [2.75, 3.05) is 18.0 Å². The molecule has 1 atom stereocenters. The Labute approximate surface area is 196 Å². The van der Waals surface area contributed by atoms with E-state index in [1.807, 2.05) is 64.1 Å². The van der Waals surface area contributed by atoms with Gasteiger partial charge in [0.15, 0.2) is 0 Å². The molecule has 0 radical (unpaired) electrons. The number of benzene rings is 3. The summed E-state index contributed by atoms with van der Waals surface area (Å²) >= 11 is 0. The van der Waals surface area contributed by atoms with Crippen molar-refractivity contribution in [1.82, 2.24) is 5.32 Å². The van der Waals surface area contributed by atoms with E-state index in [9.17, 15) is 13.2 Å². The summed E-state index contributed by atoms with van der Waals surface area (Å²) in [6.07, 6.45) is 0. The van der Waals surface area contributed by atoms with Gasteiger partial charge in [0.2, 0.25) is 5.91 Å². The van der Waals surface area contributed by atoms with Gasteiger partial charge in [0.1, 0.15) is 12.3 Å². The van der Waals surface area contributed by atoms with Crippen molar-refractivity contribution < 1.29 is 17.9 Å². The second kappa shape index (κ2) is 10.1. The highest BCUT2D eigenvalue weighted by Crippen LogP contribution is 2.29. The number of anilines is 1. The number of para-hydroxylation sites is 1. The first-order chi connectivity index (χ1) is 15.6. The SMILES string of the molecule is COc1ccccc1[C@H](C)NC(=O)CN(c1cc(C)ccc1C)S(=O)(=O)c1ccc(C)cc1. The summed E-state index contributed by atoms with van der Waals surface area (Å²) in [7, 11) is -2.40. The van der Waals surface area contributed by atoms with Crippen LogP contribution in [0.3, 0.4) is 0 Å². The van der Waals surface area contributed by atoms with Gasteiger partial charge in [-0.15, -0.1) is 0 Å². The average Bonchev–Trinajstić information content (AvgIpc) is 2.79. The zero-order valence-electron chi connectivity index (χ0n) is 19.6. The van der Waals surface area contributed by atoms with Crippen LogP contribution in [0.15, 0.2) is 71.6 Å². The Bertz CT molecular complexity index is 1240. The Kier molecular flexibility index (Phi) is 7.43. The molecule has 3 rings (SSSR count). The van der Waals surface area contributed by atoms with Crippen molar-refractivity contribution in [3.8, 4) is 5.75 Å². The van der Waals surface area contributed by atoms with Gasteiger partial charge in [-0.3, -0.25) is 9.10 Å². The molecule has 0 aliphatic rings. The van der Waals surface area contributed by atoms with Crippen molar-refractivity contribution in [1.29, 1.82) is 0 Å². The van der Waals surface area contributed by atoms with Crippen LogP contribution >= 0.6 is 0 Å². The van der Waals surface area contributed by atoms with Crippen molar-refractivity contribution in [3.63, 3.8) is 0 Å². The summed E-state index contributed by atoms with van der Waals surface area (Å²) in [5.74, 6) is 0.244. The number of hydrogen-bond donors (Lipinski definition) is 1. The van der Waals surface area contributed by atoms with E-state index in [1.54, 1.807) is 37.4 Å². The zero-order chi connectivity index (χ0) is 24.2. The van der Waals surface area contributed by atoms with E-state index >= 15 is 0 Å². The molecule has 1 N–H and O–H groups in total. The largest absolute Gasteiger partial charge is 0.496 e. The van der Waals surface area contributed by atoms with Crippen LogP contribution in [0.5, 0.6) is 5.75 Å². The molecule has 0 bridgehead atoms. The summed E-state index contributed by atoms with van der Waals surface area (Å²) in [6.45, 7) is 7.11. The maximum atomic E-state index is 13.6. The van der Waals surface area contributed by atoms with Crippen LogP contribution in [0, 0.1) is 20.8 Å². The van der Waals surface area contributed by atoms with E-state index in [0.717, 1.165) is 22.3 Å². The fourth-order valence-corrected chi connectivity index (χ4v) is 5.12. The number of rotatable bonds is 8. The summed E-state index contributed by atoms with van der Waals surface area (Å²) in [4.78, 5) is 13.2. The Morgan fingerprint density at radius 3 is 2.27 bits per heavy atom. The van der Waals surface area contributed by atoms with Crippen LogP contribution in [0.25, 0.3) is 0 Å². The maximum absolute atomic E-state index is 13.6. The molecule has 33 heavy (non-hydrogen) atoms. The lowest BCUT2D eigenvalue weighted by Gasteiger charge is -2.27. The van der Waals surface area contributed by atoms with Crippen LogP contribution in [0.4, 0.5) is 5.69 Å². The molecule has 0 unspecified atom stereocenters. The van der Waals surface area contributed by atoms with Gasteiger partial charge in [-0.2, -0.15) is 0 Å². The number of carbonyl (C=O) groups excluding carboxylic acids is 1. The number of methoxy groups -OCH3 is 1. The van der Waals surface area contributed by atoms with Crippen molar-refractivity contribution in [3.05, 3.63) is 89.0 Å². The van der Waals surface area contributed by atoms with Gasteiger partial charge in [-0.25, -0.2) is 8.42 Å². The standard InChI is InChI=1S/C26H30N2O4S/c1-18-11-14-22(15-12-18)33(30,31)28(24-16-19(2)10-13-20(24)3)17-26(29)27-21(4)23-8-6-7-9-25(23)32-5/h6-16,21H,17H2,1-5H3,(H,27,29)/t21-/m0/s1. The number of ether oxygens (including phenoxy) is 1. The monoisotopic (exact) mass is 466 g/mol. The first-order valence-electron chi connectivity index (χ1n) is 10.7. The predicted octanol–water partition coefficient (Wildman–Crippen LogP) is 4.69. The quantitative estimate of drug-likeness (QED) is 0.522. The molecule has 0 aromatic heterocycles. The van der Waals surface area contributed by atoms with Crippen LogP contribution < -0.4 is 14.4 Å². The lowest BCUT2D eigenvalue weighted by molar-refractivity contribution is -0.120. The summed E-state index contributed by atoms with van der Waals surface area (Å²) in [5.41, 5.74) is 3.92. The van der Waals surface area contributed by atoms with Gasteiger partial charge in [0.05, 0.1) is 23.7 Å². The van der Waals surface area contributed by atoms with E-state index in [0.29, 0.717) is 11.4 Å². The molecule has 0 saturated carbocycles. The van der Waals surface area contributed by atoms with Crippen molar-refractivity contribution in [2.24, 2.45) is 0 Å². The van der Waals surface area contributed by atoms with E-state index < -0.39 is 15.9 Å². The first-order valence-corrected chi connectivity index (χ1v) is 12.2. The Morgan fingerprint density at radius 2 is 1.61 bits per heavy atom. The van der Waals surface area contributed by atoms with E-state index in [-0.39, 0.29) is 17.5 Å². The molecule has 0 heterocycles. The minimum absolute atomic E-state index is 0.139. The Balaban J connectivity index is 1.95. The van der Waals surface area contributed by atoms with Gasteiger partial charge < -0.3 is 10.1 Å². The van der Waals surface area contributed by atoms with Gasteiger partial charge >= 0.3 is 0 Å². The van der Waals surface area contributed by atoms with E-state index in [1.165, 1.54) is 4.31 Å². The number of hydrogen-bond acceptors (Lipinski definition) is 4. The third-order valence-corrected chi connectivity index (χ3v) is 7.29. The molecule has 0 saturated heterocycles. The van der Waals surface area contributed by atoms with E-state index in [2.05, 4.69) is 5.32 Å². The number of carbonyl (C=O) groups is 1. The smallest absolute Gasteiger partial charge is 0.264 e. The molecule has 3 aromatic rings. The molecule has 174 valence electrons. The molecule has 1 amide bonds.